The average molecular weight is 356 g/mol. The van der Waals surface area contributed by atoms with E-state index in [1.54, 1.807) is 12.1 Å². The fourth-order valence-electron chi connectivity index (χ4n) is 2.76. The van der Waals surface area contributed by atoms with E-state index in [1.165, 1.54) is 12.1 Å². The van der Waals surface area contributed by atoms with Crippen LogP contribution in [0.2, 0.25) is 5.02 Å². The van der Waals surface area contributed by atoms with Crippen molar-refractivity contribution in [2.75, 3.05) is 5.32 Å². The summed E-state index contributed by atoms with van der Waals surface area (Å²) < 4.78 is 13.1. The fourth-order valence-corrected chi connectivity index (χ4v) is 2.88. The van der Waals surface area contributed by atoms with Crippen LogP contribution in [0.15, 0.2) is 78.9 Å². The number of aliphatic hydroxyl groups is 1. The van der Waals surface area contributed by atoms with E-state index in [9.17, 15) is 9.50 Å². The Kier molecular flexibility index (Phi) is 5.69. The average Bonchev–Trinajstić information content (AvgIpc) is 2.64. The van der Waals surface area contributed by atoms with Gasteiger partial charge in [-0.25, -0.2) is 4.39 Å². The lowest BCUT2D eigenvalue weighted by atomic mass is 9.96. The van der Waals surface area contributed by atoms with E-state index in [0.29, 0.717) is 17.0 Å². The Balaban J connectivity index is 1.81. The molecule has 0 spiro atoms. The first-order valence-electron chi connectivity index (χ1n) is 8.12. The molecule has 2 N–H and O–H groups in total. The predicted octanol–water partition coefficient (Wildman–Crippen LogP) is 5.76. The molecule has 0 aliphatic heterocycles. The van der Waals surface area contributed by atoms with Gasteiger partial charge in [-0.15, -0.1) is 0 Å². The number of aliphatic hydroxyl groups excluding tert-OH is 1. The molecule has 2 atom stereocenters. The van der Waals surface area contributed by atoms with Crippen molar-refractivity contribution >= 4 is 17.3 Å². The molecule has 0 heterocycles. The third-order valence-electron chi connectivity index (χ3n) is 4.10. The molecule has 128 valence electrons. The maximum atomic E-state index is 13.1. The van der Waals surface area contributed by atoms with Gasteiger partial charge in [-0.05, 0) is 47.5 Å². The molecule has 0 aromatic heterocycles. The van der Waals surface area contributed by atoms with E-state index in [0.717, 1.165) is 11.3 Å². The van der Waals surface area contributed by atoms with Gasteiger partial charge in [0.1, 0.15) is 5.82 Å². The fraction of sp³-hybridized carbons (Fsp3) is 0.143. The van der Waals surface area contributed by atoms with E-state index in [-0.39, 0.29) is 11.9 Å². The molecule has 2 unspecified atom stereocenters. The monoisotopic (exact) mass is 355 g/mol. The Hall–Kier alpha value is -2.36. The van der Waals surface area contributed by atoms with Gasteiger partial charge in [-0.3, -0.25) is 0 Å². The summed E-state index contributed by atoms with van der Waals surface area (Å²) in [7, 11) is 0. The van der Waals surface area contributed by atoms with Crippen molar-refractivity contribution in [3.8, 4) is 0 Å². The van der Waals surface area contributed by atoms with E-state index in [4.69, 9.17) is 11.6 Å². The van der Waals surface area contributed by atoms with Gasteiger partial charge in [-0.2, -0.15) is 0 Å². The number of hydrogen-bond donors (Lipinski definition) is 2. The standard InChI is InChI=1S/C21H19ClFNO/c22-17-8-12-19(13-9-17)24-20(15-4-2-1-3-5-15)14-21(25)16-6-10-18(23)11-7-16/h1-13,20-21,24-25H,14H2. The van der Waals surface area contributed by atoms with Crippen molar-refractivity contribution in [1.82, 2.24) is 0 Å². The third-order valence-corrected chi connectivity index (χ3v) is 4.35. The van der Waals surface area contributed by atoms with Gasteiger partial charge in [0.15, 0.2) is 0 Å². The minimum atomic E-state index is -0.703. The summed E-state index contributed by atoms with van der Waals surface area (Å²) in [5.41, 5.74) is 2.68. The minimum absolute atomic E-state index is 0.0950. The third kappa shape index (κ3) is 4.81. The van der Waals surface area contributed by atoms with Gasteiger partial charge in [0.05, 0.1) is 12.1 Å². The van der Waals surface area contributed by atoms with Crippen molar-refractivity contribution in [2.45, 2.75) is 18.6 Å². The Morgan fingerprint density at radius 3 is 2.12 bits per heavy atom. The molecule has 3 aromatic rings. The first-order chi connectivity index (χ1) is 12.1. The molecule has 0 bridgehead atoms. The molecule has 2 nitrogen and oxygen atoms in total. The molecule has 0 aliphatic carbocycles. The summed E-state index contributed by atoms with van der Waals surface area (Å²) in [6.07, 6.45) is -0.247. The maximum Gasteiger partial charge on any atom is 0.123 e. The van der Waals surface area contributed by atoms with E-state index in [1.807, 2.05) is 54.6 Å². The second-order valence-corrected chi connectivity index (χ2v) is 6.35. The maximum absolute atomic E-state index is 13.1. The van der Waals surface area contributed by atoms with Crippen LogP contribution in [-0.2, 0) is 0 Å². The Bertz CT molecular complexity index is 790. The van der Waals surface area contributed by atoms with Crippen molar-refractivity contribution in [2.24, 2.45) is 0 Å². The normalized spacial score (nSPS) is 13.2. The number of hydrogen-bond acceptors (Lipinski definition) is 2. The second-order valence-electron chi connectivity index (χ2n) is 5.92. The van der Waals surface area contributed by atoms with Crippen LogP contribution in [0.1, 0.15) is 29.7 Å². The van der Waals surface area contributed by atoms with E-state index < -0.39 is 6.10 Å². The summed E-state index contributed by atoms with van der Waals surface area (Å²) in [6.45, 7) is 0. The molecule has 0 amide bonds. The summed E-state index contributed by atoms with van der Waals surface area (Å²) in [5, 5.41) is 14.7. The molecule has 0 saturated carbocycles. The van der Waals surface area contributed by atoms with Crippen LogP contribution in [-0.4, -0.2) is 5.11 Å². The highest BCUT2D eigenvalue weighted by molar-refractivity contribution is 6.30. The number of halogens is 2. The zero-order valence-electron chi connectivity index (χ0n) is 13.6. The predicted molar refractivity (Wildman–Crippen MR) is 100 cm³/mol. The van der Waals surface area contributed by atoms with E-state index in [2.05, 4.69) is 5.32 Å². The van der Waals surface area contributed by atoms with E-state index >= 15 is 0 Å². The summed E-state index contributed by atoms with van der Waals surface area (Å²) in [4.78, 5) is 0. The molecular weight excluding hydrogens is 337 g/mol. The second kappa shape index (κ2) is 8.15. The largest absolute Gasteiger partial charge is 0.388 e. The number of rotatable bonds is 6. The first kappa shape index (κ1) is 17.5. The number of nitrogens with one attached hydrogen (secondary N) is 1. The Labute approximate surface area is 151 Å². The quantitative estimate of drug-likeness (QED) is 0.589. The molecular formula is C21H19ClFNO. The summed E-state index contributed by atoms with van der Waals surface area (Å²) in [5.74, 6) is -0.310. The summed E-state index contributed by atoms with van der Waals surface area (Å²) in [6, 6.07) is 23.2. The van der Waals surface area contributed by atoms with Crippen LogP contribution in [0.3, 0.4) is 0 Å². The van der Waals surface area contributed by atoms with Gasteiger partial charge in [-0.1, -0.05) is 54.1 Å². The summed E-state index contributed by atoms with van der Waals surface area (Å²) >= 11 is 5.94. The van der Waals surface area contributed by atoms with Gasteiger partial charge < -0.3 is 10.4 Å². The van der Waals surface area contributed by atoms with Gasteiger partial charge >= 0.3 is 0 Å². The van der Waals surface area contributed by atoms with Gasteiger partial charge in [0.25, 0.3) is 0 Å². The zero-order valence-corrected chi connectivity index (χ0v) is 14.3. The number of anilines is 1. The van der Waals surface area contributed by atoms with Gasteiger partial charge in [0, 0.05) is 17.1 Å². The molecule has 3 aromatic carbocycles. The van der Waals surface area contributed by atoms with Crippen molar-refractivity contribution in [3.05, 3.63) is 101 Å². The van der Waals surface area contributed by atoms with Crippen molar-refractivity contribution in [1.29, 1.82) is 0 Å². The van der Waals surface area contributed by atoms with Crippen molar-refractivity contribution < 1.29 is 9.50 Å². The molecule has 0 saturated heterocycles. The van der Waals surface area contributed by atoms with Crippen LogP contribution < -0.4 is 5.32 Å². The van der Waals surface area contributed by atoms with Crippen LogP contribution in [0.4, 0.5) is 10.1 Å². The van der Waals surface area contributed by atoms with Crippen LogP contribution in [0.25, 0.3) is 0 Å². The van der Waals surface area contributed by atoms with Crippen LogP contribution >= 0.6 is 11.6 Å². The topological polar surface area (TPSA) is 32.3 Å². The first-order valence-corrected chi connectivity index (χ1v) is 8.50. The Morgan fingerprint density at radius 1 is 0.840 bits per heavy atom. The van der Waals surface area contributed by atoms with Crippen molar-refractivity contribution in [3.63, 3.8) is 0 Å². The van der Waals surface area contributed by atoms with Crippen LogP contribution in [0, 0.1) is 5.82 Å². The minimum Gasteiger partial charge on any atom is -0.388 e. The highest BCUT2D eigenvalue weighted by Crippen LogP contribution is 2.30. The smallest absolute Gasteiger partial charge is 0.123 e. The van der Waals surface area contributed by atoms with Crippen LogP contribution in [0.5, 0.6) is 0 Å². The molecule has 25 heavy (non-hydrogen) atoms. The molecule has 0 aliphatic rings. The number of benzene rings is 3. The highest BCUT2D eigenvalue weighted by atomic mass is 35.5. The molecule has 0 fully saturated rings. The SMILES string of the molecule is OC(CC(Nc1ccc(Cl)cc1)c1ccccc1)c1ccc(F)cc1. The molecule has 3 rings (SSSR count). The lowest BCUT2D eigenvalue weighted by Gasteiger charge is -2.23. The molecule has 0 radical (unpaired) electrons. The zero-order chi connectivity index (χ0) is 17.6. The highest BCUT2D eigenvalue weighted by Gasteiger charge is 2.18. The molecule has 4 heteroatoms. The lowest BCUT2D eigenvalue weighted by Crippen LogP contribution is -2.14. The Morgan fingerprint density at radius 2 is 1.48 bits per heavy atom. The van der Waals surface area contributed by atoms with Gasteiger partial charge in [0.2, 0.25) is 0 Å². The lowest BCUT2D eigenvalue weighted by molar-refractivity contribution is 0.160.